The molecule has 2 atom stereocenters. The Labute approximate surface area is 104 Å². The van der Waals surface area contributed by atoms with Crippen LogP contribution in [0.15, 0.2) is 12.3 Å². The van der Waals surface area contributed by atoms with Crippen LogP contribution in [0.5, 0.6) is 0 Å². The van der Waals surface area contributed by atoms with Crippen molar-refractivity contribution >= 4 is 0 Å². The summed E-state index contributed by atoms with van der Waals surface area (Å²) in [6.07, 6.45) is -2.32. The first-order valence-corrected chi connectivity index (χ1v) is 5.92. The summed E-state index contributed by atoms with van der Waals surface area (Å²) >= 11 is 0. The first-order valence-electron chi connectivity index (χ1n) is 5.92. The number of nitrogens with zero attached hydrogens (tertiary/aromatic N) is 2. The normalized spacial score (nSPS) is 15.7. The first kappa shape index (κ1) is 15.0. The fourth-order valence-corrected chi connectivity index (χ4v) is 1.64. The molecule has 0 aromatic carbocycles. The molecular formula is C11H19F3N4. The highest BCUT2D eigenvalue weighted by Crippen LogP contribution is 2.22. The molecule has 0 saturated carbocycles. The molecule has 0 bridgehead atoms. The molecule has 1 heterocycles. The van der Waals surface area contributed by atoms with Crippen LogP contribution in [0.1, 0.15) is 38.4 Å². The quantitative estimate of drug-likeness (QED) is 0.611. The molecule has 3 N–H and O–H groups in total. The van der Waals surface area contributed by atoms with Gasteiger partial charge in [-0.15, -0.1) is 0 Å². The van der Waals surface area contributed by atoms with Crippen LogP contribution in [0.25, 0.3) is 0 Å². The summed E-state index contributed by atoms with van der Waals surface area (Å²) in [5, 5.41) is 4.25. The molecule has 0 fully saturated rings. The lowest BCUT2D eigenvalue weighted by molar-refractivity contribution is -0.140. The van der Waals surface area contributed by atoms with Gasteiger partial charge in [-0.2, -0.15) is 18.3 Å². The Morgan fingerprint density at radius 2 is 2.17 bits per heavy atom. The monoisotopic (exact) mass is 264 g/mol. The van der Waals surface area contributed by atoms with E-state index < -0.39 is 18.6 Å². The van der Waals surface area contributed by atoms with Crippen LogP contribution < -0.4 is 11.3 Å². The highest BCUT2D eigenvalue weighted by Gasteiger charge is 2.31. The predicted octanol–water partition coefficient (Wildman–Crippen LogP) is 2.18. The summed E-state index contributed by atoms with van der Waals surface area (Å²) in [5.41, 5.74) is 2.80. The second-order valence-corrected chi connectivity index (χ2v) is 4.43. The van der Waals surface area contributed by atoms with E-state index in [1.165, 1.54) is 0 Å². The van der Waals surface area contributed by atoms with Gasteiger partial charge in [-0.3, -0.25) is 16.0 Å². The maximum absolute atomic E-state index is 12.3. The van der Waals surface area contributed by atoms with E-state index >= 15 is 0 Å². The molecule has 18 heavy (non-hydrogen) atoms. The summed E-state index contributed by atoms with van der Waals surface area (Å²) in [4.78, 5) is 0. The third-order valence-electron chi connectivity index (χ3n) is 2.88. The van der Waals surface area contributed by atoms with Crippen LogP contribution >= 0.6 is 0 Å². The van der Waals surface area contributed by atoms with Gasteiger partial charge in [-0.05, 0) is 19.4 Å². The van der Waals surface area contributed by atoms with Gasteiger partial charge in [0.25, 0.3) is 0 Å². The molecule has 4 nitrogen and oxygen atoms in total. The van der Waals surface area contributed by atoms with Crippen LogP contribution in [0, 0.1) is 0 Å². The number of halogens is 3. The Balaban J connectivity index is 2.62. The van der Waals surface area contributed by atoms with Gasteiger partial charge in [-0.1, -0.05) is 6.92 Å². The lowest BCUT2D eigenvalue weighted by Gasteiger charge is -2.16. The number of nitrogens with two attached hydrogens (primary N) is 1. The van der Waals surface area contributed by atoms with Crippen molar-refractivity contribution in [3.8, 4) is 0 Å². The highest BCUT2D eigenvalue weighted by atomic mass is 19.4. The maximum Gasteiger partial charge on any atom is 0.390 e. The van der Waals surface area contributed by atoms with Crippen molar-refractivity contribution in [3.05, 3.63) is 18.0 Å². The number of alkyl halides is 3. The van der Waals surface area contributed by atoms with E-state index in [0.717, 1.165) is 6.42 Å². The number of rotatable bonds is 6. The molecule has 2 unspecified atom stereocenters. The van der Waals surface area contributed by atoms with Gasteiger partial charge in [0.15, 0.2) is 0 Å². The highest BCUT2D eigenvalue weighted by molar-refractivity contribution is 5.02. The smallest absolute Gasteiger partial charge is 0.271 e. The van der Waals surface area contributed by atoms with Crippen molar-refractivity contribution in [1.29, 1.82) is 0 Å². The Hall–Kier alpha value is -1.08. The molecule has 0 aliphatic heterocycles. The molecule has 0 aliphatic carbocycles. The van der Waals surface area contributed by atoms with E-state index in [0.29, 0.717) is 5.69 Å². The first-order chi connectivity index (χ1) is 8.35. The summed E-state index contributed by atoms with van der Waals surface area (Å²) in [6.45, 7) is 4.03. The van der Waals surface area contributed by atoms with Gasteiger partial charge in [0.1, 0.15) is 0 Å². The van der Waals surface area contributed by atoms with Crippen LogP contribution in [0.2, 0.25) is 0 Å². The molecule has 1 rings (SSSR count). The molecule has 0 spiro atoms. The number of aromatic nitrogens is 2. The van der Waals surface area contributed by atoms with E-state index in [1.807, 2.05) is 13.8 Å². The lowest BCUT2D eigenvalue weighted by atomic mass is 10.1. The standard InChI is InChI=1S/C11H19F3N4/c1-3-8(2)18-5-4-9(17-18)6-10(16-15)7-11(12,13)14/h4-5,8,10,16H,3,6-7,15H2,1-2H3. The van der Waals surface area contributed by atoms with Gasteiger partial charge in [-0.25, -0.2) is 0 Å². The molecule has 7 heteroatoms. The van der Waals surface area contributed by atoms with Crippen LogP contribution in [-0.4, -0.2) is 22.0 Å². The van der Waals surface area contributed by atoms with Crippen molar-refractivity contribution in [2.45, 2.75) is 51.4 Å². The Bertz CT molecular complexity index is 361. The van der Waals surface area contributed by atoms with Crippen LogP contribution in [0.4, 0.5) is 13.2 Å². The van der Waals surface area contributed by atoms with Gasteiger partial charge in [0.2, 0.25) is 0 Å². The van der Waals surface area contributed by atoms with E-state index in [9.17, 15) is 13.2 Å². The maximum atomic E-state index is 12.3. The molecule has 104 valence electrons. The summed E-state index contributed by atoms with van der Waals surface area (Å²) in [6, 6.07) is 1.13. The molecule has 1 aromatic rings. The Morgan fingerprint density at radius 3 is 2.67 bits per heavy atom. The Morgan fingerprint density at radius 1 is 1.50 bits per heavy atom. The predicted molar refractivity (Wildman–Crippen MR) is 62.7 cm³/mol. The van der Waals surface area contributed by atoms with E-state index in [4.69, 9.17) is 5.84 Å². The van der Waals surface area contributed by atoms with E-state index in [2.05, 4.69) is 10.5 Å². The third-order valence-corrected chi connectivity index (χ3v) is 2.88. The summed E-state index contributed by atoms with van der Waals surface area (Å²) in [7, 11) is 0. The van der Waals surface area contributed by atoms with Crippen molar-refractivity contribution in [2.75, 3.05) is 0 Å². The van der Waals surface area contributed by atoms with E-state index in [1.54, 1.807) is 16.9 Å². The largest absolute Gasteiger partial charge is 0.390 e. The fraction of sp³-hybridized carbons (Fsp3) is 0.727. The Kier molecular flexibility index (Phi) is 5.15. The number of nitrogens with one attached hydrogen (secondary N) is 1. The SMILES string of the molecule is CCC(C)n1ccc(CC(CC(F)(F)F)NN)n1. The molecule has 0 radical (unpaired) electrons. The minimum absolute atomic E-state index is 0.166. The van der Waals surface area contributed by atoms with Gasteiger partial charge in [0.05, 0.1) is 12.1 Å². The molecule has 0 aliphatic rings. The number of hydrogen-bond donors (Lipinski definition) is 2. The topological polar surface area (TPSA) is 55.9 Å². The summed E-state index contributed by atoms with van der Waals surface area (Å²) < 4.78 is 38.5. The third kappa shape index (κ3) is 4.66. The minimum atomic E-state index is -4.23. The van der Waals surface area contributed by atoms with Crippen molar-refractivity contribution in [1.82, 2.24) is 15.2 Å². The zero-order valence-corrected chi connectivity index (χ0v) is 10.5. The van der Waals surface area contributed by atoms with Gasteiger partial charge < -0.3 is 0 Å². The fourth-order valence-electron chi connectivity index (χ4n) is 1.64. The van der Waals surface area contributed by atoms with E-state index in [-0.39, 0.29) is 12.5 Å². The number of hydrogen-bond acceptors (Lipinski definition) is 3. The lowest BCUT2D eigenvalue weighted by Crippen LogP contribution is -2.40. The average molecular weight is 264 g/mol. The summed E-state index contributed by atoms with van der Waals surface area (Å²) in [5.74, 6) is 5.14. The zero-order chi connectivity index (χ0) is 13.8. The van der Waals surface area contributed by atoms with Gasteiger partial charge in [0, 0.05) is 24.7 Å². The van der Waals surface area contributed by atoms with Crippen molar-refractivity contribution in [2.24, 2.45) is 5.84 Å². The van der Waals surface area contributed by atoms with Gasteiger partial charge >= 0.3 is 6.18 Å². The molecule has 0 saturated heterocycles. The molecule has 0 amide bonds. The minimum Gasteiger partial charge on any atom is -0.271 e. The van der Waals surface area contributed by atoms with Crippen LogP contribution in [-0.2, 0) is 6.42 Å². The van der Waals surface area contributed by atoms with Crippen molar-refractivity contribution in [3.63, 3.8) is 0 Å². The second-order valence-electron chi connectivity index (χ2n) is 4.43. The molecular weight excluding hydrogens is 245 g/mol. The second kappa shape index (κ2) is 6.19. The number of hydrazine groups is 1. The van der Waals surface area contributed by atoms with Crippen LogP contribution in [0.3, 0.4) is 0 Å². The molecule has 1 aromatic heterocycles. The average Bonchev–Trinajstić information content (AvgIpc) is 2.73. The van der Waals surface area contributed by atoms with Crippen molar-refractivity contribution < 1.29 is 13.2 Å². The zero-order valence-electron chi connectivity index (χ0n) is 10.5.